The second kappa shape index (κ2) is 4.68. The molecule has 0 aliphatic carbocycles. The maximum atomic E-state index is 6.09. The third-order valence-electron chi connectivity index (χ3n) is 3.21. The smallest absolute Gasteiger partial charge is 0.133 e. The van der Waals surface area contributed by atoms with Crippen molar-refractivity contribution in [2.75, 3.05) is 18.8 Å². The van der Waals surface area contributed by atoms with Gasteiger partial charge < -0.3 is 10.1 Å². The summed E-state index contributed by atoms with van der Waals surface area (Å²) < 4.78 is 6.09. The van der Waals surface area contributed by atoms with E-state index >= 15 is 0 Å². The van der Waals surface area contributed by atoms with E-state index in [0.29, 0.717) is 6.10 Å². The molecule has 16 heavy (non-hydrogen) atoms. The first-order valence-corrected chi connectivity index (χ1v) is 7.04. The third-order valence-corrected chi connectivity index (χ3v) is 4.45. The van der Waals surface area contributed by atoms with Crippen LogP contribution in [0.4, 0.5) is 0 Å². The molecule has 3 rings (SSSR count). The fourth-order valence-corrected chi connectivity index (χ4v) is 3.47. The van der Waals surface area contributed by atoms with Gasteiger partial charge in [0.25, 0.3) is 0 Å². The van der Waals surface area contributed by atoms with Crippen molar-refractivity contribution in [2.24, 2.45) is 0 Å². The molecule has 0 saturated carbocycles. The van der Waals surface area contributed by atoms with Crippen LogP contribution in [0.5, 0.6) is 5.75 Å². The molecule has 1 fully saturated rings. The molecule has 0 radical (unpaired) electrons. The van der Waals surface area contributed by atoms with E-state index in [1.165, 1.54) is 29.1 Å². The number of ether oxygens (including phenoxy) is 1. The van der Waals surface area contributed by atoms with Gasteiger partial charge in [-0.3, -0.25) is 0 Å². The lowest BCUT2D eigenvalue weighted by molar-refractivity contribution is 0.217. The number of nitrogens with one attached hydrogen (secondary N) is 1. The molecule has 1 saturated heterocycles. The van der Waals surface area contributed by atoms with E-state index < -0.39 is 0 Å². The molecule has 2 heterocycles. The molecule has 1 unspecified atom stereocenters. The van der Waals surface area contributed by atoms with Crippen LogP contribution < -0.4 is 10.1 Å². The van der Waals surface area contributed by atoms with Gasteiger partial charge in [-0.15, -0.1) is 11.8 Å². The van der Waals surface area contributed by atoms with E-state index in [1.807, 2.05) is 11.8 Å². The number of hydrogen-bond donors (Lipinski definition) is 1. The van der Waals surface area contributed by atoms with Gasteiger partial charge in [0.2, 0.25) is 0 Å². The number of fused-ring (bicyclic) bond motifs is 1. The molecule has 1 aromatic carbocycles. The van der Waals surface area contributed by atoms with Crippen molar-refractivity contribution in [3.8, 4) is 5.75 Å². The van der Waals surface area contributed by atoms with Crippen LogP contribution in [0.3, 0.4) is 0 Å². The Hall–Kier alpha value is -0.670. The molecule has 2 nitrogen and oxygen atoms in total. The Balaban J connectivity index is 1.82. The molecule has 1 N–H and O–H groups in total. The highest BCUT2D eigenvalue weighted by atomic mass is 32.2. The predicted octanol–water partition coefficient (Wildman–Crippen LogP) is 2.47. The molecule has 1 aromatic rings. The van der Waals surface area contributed by atoms with Gasteiger partial charge in [-0.25, -0.2) is 0 Å². The van der Waals surface area contributed by atoms with Crippen LogP contribution in [0, 0.1) is 0 Å². The van der Waals surface area contributed by atoms with Crippen molar-refractivity contribution < 1.29 is 4.74 Å². The van der Waals surface area contributed by atoms with Crippen LogP contribution >= 0.6 is 11.8 Å². The summed E-state index contributed by atoms with van der Waals surface area (Å²) >= 11 is 1.95. The molecule has 2 aliphatic heterocycles. The van der Waals surface area contributed by atoms with Gasteiger partial charge in [0.1, 0.15) is 11.9 Å². The molecule has 0 spiro atoms. The lowest BCUT2D eigenvalue weighted by Gasteiger charge is -2.21. The van der Waals surface area contributed by atoms with Crippen LogP contribution in [-0.4, -0.2) is 24.9 Å². The Morgan fingerprint density at radius 3 is 3.25 bits per heavy atom. The fourth-order valence-electron chi connectivity index (χ4n) is 2.36. The highest BCUT2D eigenvalue weighted by Crippen LogP contribution is 2.38. The normalized spacial score (nSPS) is 24.1. The second-order valence-corrected chi connectivity index (χ2v) is 5.53. The standard InChI is InChI=1S/C13H17NOS/c1-3-10-4-2-8-16-13(10)12(5-1)15-11-6-7-14-9-11/h1,3,5,11,14H,2,4,6-9H2. The van der Waals surface area contributed by atoms with Gasteiger partial charge in [0.05, 0.1) is 4.90 Å². The van der Waals surface area contributed by atoms with Crippen molar-refractivity contribution >= 4 is 11.8 Å². The molecule has 0 bridgehead atoms. The SMILES string of the molecule is c1cc2c(c(OC3CCNC3)c1)SCCC2. The summed E-state index contributed by atoms with van der Waals surface area (Å²) in [4.78, 5) is 1.39. The maximum absolute atomic E-state index is 6.09. The first kappa shape index (κ1) is 10.5. The first-order chi connectivity index (χ1) is 7.93. The van der Waals surface area contributed by atoms with E-state index in [1.54, 1.807) is 0 Å². The van der Waals surface area contributed by atoms with Gasteiger partial charge in [-0.1, -0.05) is 12.1 Å². The minimum Gasteiger partial charge on any atom is -0.488 e. The Bertz CT molecular complexity index is 374. The van der Waals surface area contributed by atoms with Crippen molar-refractivity contribution in [3.63, 3.8) is 0 Å². The monoisotopic (exact) mass is 235 g/mol. The predicted molar refractivity (Wildman–Crippen MR) is 67.4 cm³/mol. The molecule has 86 valence electrons. The topological polar surface area (TPSA) is 21.3 Å². The average molecular weight is 235 g/mol. The van der Waals surface area contributed by atoms with E-state index in [0.717, 1.165) is 25.3 Å². The quantitative estimate of drug-likeness (QED) is 0.851. The van der Waals surface area contributed by atoms with Gasteiger partial charge in [-0.05, 0) is 43.2 Å². The highest BCUT2D eigenvalue weighted by Gasteiger charge is 2.20. The summed E-state index contributed by atoms with van der Waals surface area (Å²) in [6.07, 6.45) is 4.01. The number of benzene rings is 1. The lowest BCUT2D eigenvalue weighted by atomic mass is 10.1. The van der Waals surface area contributed by atoms with Crippen LogP contribution in [0.25, 0.3) is 0 Å². The Morgan fingerprint density at radius 1 is 1.38 bits per heavy atom. The van der Waals surface area contributed by atoms with Crippen molar-refractivity contribution in [1.29, 1.82) is 0 Å². The van der Waals surface area contributed by atoms with E-state index in [2.05, 4.69) is 23.5 Å². The molecular weight excluding hydrogens is 218 g/mol. The van der Waals surface area contributed by atoms with Crippen LogP contribution in [0.15, 0.2) is 23.1 Å². The number of thioether (sulfide) groups is 1. The number of rotatable bonds is 2. The molecule has 2 aliphatic rings. The average Bonchev–Trinajstić information content (AvgIpc) is 2.82. The van der Waals surface area contributed by atoms with Crippen LogP contribution in [0.1, 0.15) is 18.4 Å². The molecule has 3 heteroatoms. The van der Waals surface area contributed by atoms with E-state index in [-0.39, 0.29) is 0 Å². The first-order valence-electron chi connectivity index (χ1n) is 6.05. The minimum absolute atomic E-state index is 0.369. The Labute approximate surface area is 101 Å². The number of aryl methyl sites for hydroxylation is 1. The van der Waals surface area contributed by atoms with E-state index in [9.17, 15) is 0 Å². The zero-order valence-corrected chi connectivity index (χ0v) is 10.2. The number of hydrogen-bond acceptors (Lipinski definition) is 3. The van der Waals surface area contributed by atoms with Crippen LogP contribution in [0.2, 0.25) is 0 Å². The zero-order valence-electron chi connectivity index (χ0n) is 9.37. The molecule has 0 amide bonds. The van der Waals surface area contributed by atoms with Gasteiger partial charge in [0, 0.05) is 6.54 Å². The summed E-state index contributed by atoms with van der Waals surface area (Å²) in [6, 6.07) is 6.49. The third kappa shape index (κ3) is 2.06. The summed E-state index contributed by atoms with van der Waals surface area (Å²) in [5, 5.41) is 3.34. The van der Waals surface area contributed by atoms with Crippen molar-refractivity contribution in [1.82, 2.24) is 5.32 Å². The summed E-state index contributed by atoms with van der Waals surface area (Å²) in [5.41, 5.74) is 1.47. The zero-order chi connectivity index (χ0) is 10.8. The van der Waals surface area contributed by atoms with Gasteiger partial charge in [0.15, 0.2) is 0 Å². The van der Waals surface area contributed by atoms with E-state index in [4.69, 9.17) is 4.74 Å². The maximum Gasteiger partial charge on any atom is 0.133 e. The summed E-state index contributed by atoms with van der Waals surface area (Å²) in [7, 11) is 0. The largest absolute Gasteiger partial charge is 0.488 e. The van der Waals surface area contributed by atoms with Crippen molar-refractivity contribution in [3.05, 3.63) is 23.8 Å². The summed E-state index contributed by atoms with van der Waals surface area (Å²) in [6.45, 7) is 2.08. The Kier molecular flexibility index (Phi) is 3.06. The molecule has 0 aromatic heterocycles. The molecule has 1 atom stereocenters. The highest BCUT2D eigenvalue weighted by molar-refractivity contribution is 7.99. The molecular formula is C13H17NOS. The minimum atomic E-state index is 0.369. The summed E-state index contributed by atoms with van der Waals surface area (Å²) in [5.74, 6) is 2.34. The fraction of sp³-hybridized carbons (Fsp3) is 0.538. The van der Waals surface area contributed by atoms with Gasteiger partial charge >= 0.3 is 0 Å². The van der Waals surface area contributed by atoms with Gasteiger partial charge in [-0.2, -0.15) is 0 Å². The lowest BCUT2D eigenvalue weighted by Crippen LogP contribution is -2.20. The van der Waals surface area contributed by atoms with Crippen molar-refractivity contribution in [2.45, 2.75) is 30.3 Å². The van der Waals surface area contributed by atoms with Crippen LogP contribution in [-0.2, 0) is 6.42 Å². The Morgan fingerprint density at radius 2 is 2.38 bits per heavy atom. The second-order valence-electron chi connectivity index (χ2n) is 4.43.